The first-order valence-corrected chi connectivity index (χ1v) is 9.64. The van der Waals surface area contributed by atoms with E-state index in [0.717, 1.165) is 61.1 Å². The van der Waals surface area contributed by atoms with Gasteiger partial charge in [0.05, 0.1) is 13.5 Å². The summed E-state index contributed by atoms with van der Waals surface area (Å²) in [7, 11) is 1.66. The van der Waals surface area contributed by atoms with E-state index in [9.17, 15) is 4.79 Å². The number of nitrogens with zero attached hydrogens (tertiary/aromatic N) is 2. The fourth-order valence-corrected chi connectivity index (χ4v) is 3.79. The Kier molecular flexibility index (Phi) is 5.39. The zero-order chi connectivity index (χ0) is 19.5. The maximum Gasteiger partial charge on any atom is 0.231 e. The summed E-state index contributed by atoms with van der Waals surface area (Å²) in [4.78, 5) is 17.0. The highest BCUT2D eigenvalue weighted by atomic mass is 16.7. The van der Waals surface area contributed by atoms with E-state index in [4.69, 9.17) is 14.2 Å². The minimum atomic E-state index is 0.187. The molecule has 2 aliphatic heterocycles. The third-order valence-corrected chi connectivity index (χ3v) is 5.38. The van der Waals surface area contributed by atoms with E-state index < -0.39 is 0 Å². The molecule has 148 valence electrons. The zero-order valence-electron chi connectivity index (χ0n) is 16.4. The van der Waals surface area contributed by atoms with E-state index >= 15 is 0 Å². The van der Waals surface area contributed by atoms with Crippen LogP contribution in [-0.4, -0.2) is 55.8 Å². The molecule has 4 rings (SSSR count). The Labute approximate surface area is 165 Å². The second-order valence-electron chi connectivity index (χ2n) is 7.33. The molecule has 0 unspecified atom stereocenters. The number of fused-ring (bicyclic) bond motifs is 1. The van der Waals surface area contributed by atoms with Gasteiger partial charge in [-0.1, -0.05) is 18.2 Å². The lowest BCUT2D eigenvalue weighted by Gasteiger charge is -2.35. The van der Waals surface area contributed by atoms with Gasteiger partial charge in [-0.15, -0.1) is 0 Å². The average molecular weight is 382 g/mol. The van der Waals surface area contributed by atoms with E-state index in [1.54, 1.807) is 7.11 Å². The van der Waals surface area contributed by atoms with E-state index in [1.165, 1.54) is 5.56 Å². The number of methoxy groups -OCH3 is 1. The number of rotatable bonds is 5. The summed E-state index contributed by atoms with van der Waals surface area (Å²) < 4.78 is 16.1. The van der Waals surface area contributed by atoms with Crippen LogP contribution in [0.2, 0.25) is 0 Å². The summed E-state index contributed by atoms with van der Waals surface area (Å²) in [6, 6.07) is 12.0. The average Bonchev–Trinajstić information content (AvgIpc) is 3.16. The number of aryl methyl sites for hydroxylation is 1. The van der Waals surface area contributed by atoms with E-state index in [2.05, 4.69) is 11.0 Å². The topological polar surface area (TPSA) is 51.2 Å². The standard InChI is InChI=1S/C22H26N2O4/c1-16-11-17(3-5-19(16)26-2)13-22(25)24-9-7-23(8-10-24)14-18-4-6-20-21(12-18)28-15-27-20/h3-6,11-12H,7-10,13-15H2,1-2H3. The lowest BCUT2D eigenvalue weighted by Crippen LogP contribution is -2.48. The van der Waals surface area contributed by atoms with Crippen molar-refractivity contribution in [1.82, 2.24) is 9.80 Å². The first-order chi connectivity index (χ1) is 13.6. The van der Waals surface area contributed by atoms with Gasteiger partial charge in [-0.25, -0.2) is 0 Å². The maximum absolute atomic E-state index is 12.7. The fraction of sp³-hybridized carbons (Fsp3) is 0.409. The number of amides is 1. The first-order valence-electron chi connectivity index (χ1n) is 9.64. The lowest BCUT2D eigenvalue weighted by molar-refractivity contribution is -0.132. The van der Waals surface area contributed by atoms with Crippen molar-refractivity contribution in [3.63, 3.8) is 0 Å². The summed E-state index contributed by atoms with van der Waals surface area (Å²) in [5, 5.41) is 0. The highest BCUT2D eigenvalue weighted by molar-refractivity contribution is 5.79. The van der Waals surface area contributed by atoms with Gasteiger partial charge in [0.2, 0.25) is 12.7 Å². The molecule has 6 nitrogen and oxygen atoms in total. The highest BCUT2D eigenvalue weighted by Gasteiger charge is 2.22. The number of benzene rings is 2. The molecule has 0 radical (unpaired) electrons. The molecule has 0 atom stereocenters. The van der Waals surface area contributed by atoms with Crippen LogP contribution in [0, 0.1) is 6.92 Å². The number of hydrogen-bond acceptors (Lipinski definition) is 5. The van der Waals surface area contributed by atoms with Crippen LogP contribution in [0.3, 0.4) is 0 Å². The molecule has 2 aliphatic rings. The van der Waals surface area contributed by atoms with Gasteiger partial charge in [-0.3, -0.25) is 9.69 Å². The number of carbonyl (C=O) groups excluding carboxylic acids is 1. The summed E-state index contributed by atoms with van der Waals surface area (Å²) >= 11 is 0. The summed E-state index contributed by atoms with van der Waals surface area (Å²) in [5.41, 5.74) is 3.30. The van der Waals surface area contributed by atoms with Gasteiger partial charge in [-0.2, -0.15) is 0 Å². The molecule has 1 saturated heterocycles. The van der Waals surface area contributed by atoms with Gasteiger partial charge in [0.25, 0.3) is 0 Å². The zero-order valence-corrected chi connectivity index (χ0v) is 16.4. The molecule has 0 bridgehead atoms. The van der Waals surface area contributed by atoms with Crippen molar-refractivity contribution in [3.05, 3.63) is 53.1 Å². The SMILES string of the molecule is COc1ccc(CC(=O)N2CCN(Cc3ccc4c(c3)OCO4)CC2)cc1C. The summed E-state index contributed by atoms with van der Waals surface area (Å²) in [5.74, 6) is 2.68. The third kappa shape index (κ3) is 4.07. The van der Waals surface area contributed by atoms with Crippen molar-refractivity contribution in [2.45, 2.75) is 19.9 Å². The Bertz CT molecular complexity index is 860. The van der Waals surface area contributed by atoms with Crippen LogP contribution in [0.5, 0.6) is 17.2 Å². The highest BCUT2D eigenvalue weighted by Crippen LogP contribution is 2.32. The van der Waals surface area contributed by atoms with Gasteiger partial charge < -0.3 is 19.1 Å². The number of hydrogen-bond donors (Lipinski definition) is 0. The molecule has 2 heterocycles. The normalized spacial score (nSPS) is 16.3. The van der Waals surface area contributed by atoms with Crippen molar-refractivity contribution in [1.29, 1.82) is 0 Å². The minimum Gasteiger partial charge on any atom is -0.496 e. The number of carbonyl (C=O) groups is 1. The molecule has 0 aliphatic carbocycles. The maximum atomic E-state index is 12.7. The van der Waals surface area contributed by atoms with Crippen LogP contribution >= 0.6 is 0 Å². The van der Waals surface area contributed by atoms with Crippen molar-refractivity contribution in [2.75, 3.05) is 40.1 Å². The molecular weight excluding hydrogens is 356 g/mol. The second kappa shape index (κ2) is 8.10. The third-order valence-electron chi connectivity index (χ3n) is 5.38. The van der Waals surface area contributed by atoms with Crippen molar-refractivity contribution in [3.8, 4) is 17.2 Å². The van der Waals surface area contributed by atoms with Crippen LogP contribution in [0.25, 0.3) is 0 Å². The van der Waals surface area contributed by atoms with Crippen molar-refractivity contribution in [2.24, 2.45) is 0 Å². The predicted octanol–water partition coefficient (Wildman–Crippen LogP) is 2.62. The Morgan fingerprint density at radius 2 is 1.75 bits per heavy atom. The predicted molar refractivity (Wildman–Crippen MR) is 106 cm³/mol. The van der Waals surface area contributed by atoms with E-state index in [-0.39, 0.29) is 5.91 Å². The molecule has 28 heavy (non-hydrogen) atoms. The Morgan fingerprint density at radius 1 is 1.00 bits per heavy atom. The van der Waals surface area contributed by atoms with E-state index in [0.29, 0.717) is 13.2 Å². The second-order valence-corrected chi connectivity index (χ2v) is 7.33. The Hall–Kier alpha value is -2.73. The van der Waals surface area contributed by atoms with Gasteiger partial charge >= 0.3 is 0 Å². The largest absolute Gasteiger partial charge is 0.496 e. The minimum absolute atomic E-state index is 0.187. The Balaban J connectivity index is 1.29. The number of ether oxygens (including phenoxy) is 3. The molecule has 2 aromatic carbocycles. The molecule has 6 heteroatoms. The smallest absolute Gasteiger partial charge is 0.231 e. The molecule has 2 aromatic rings. The quantitative estimate of drug-likeness (QED) is 0.796. The molecular formula is C22H26N2O4. The molecule has 0 N–H and O–H groups in total. The van der Waals surface area contributed by atoms with E-state index in [1.807, 2.05) is 42.2 Å². The van der Waals surface area contributed by atoms with Crippen molar-refractivity contribution >= 4 is 5.91 Å². The van der Waals surface area contributed by atoms with Gasteiger partial charge in [0.15, 0.2) is 11.5 Å². The first kappa shape index (κ1) is 18.6. The molecule has 1 amide bonds. The van der Waals surface area contributed by atoms with Gasteiger partial charge in [0.1, 0.15) is 5.75 Å². The summed E-state index contributed by atoms with van der Waals surface area (Å²) in [6.07, 6.45) is 0.437. The molecule has 0 aromatic heterocycles. The van der Waals surface area contributed by atoms with Crippen LogP contribution in [0.1, 0.15) is 16.7 Å². The van der Waals surface area contributed by atoms with Gasteiger partial charge in [0, 0.05) is 32.7 Å². The van der Waals surface area contributed by atoms with Crippen LogP contribution in [-0.2, 0) is 17.8 Å². The van der Waals surface area contributed by atoms with Crippen LogP contribution < -0.4 is 14.2 Å². The number of piperazine rings is 1. The van der Waals surface area contributed by atoms with Crippen LogP contribution in [0.4, 0.5) is 0 Å². The fourth-order valence-electron chi connectivity index (χ4n) is 3.79. The molecule has 0 saturated carbocycles. The monoisotopic (exact) mass is 382 g/mol. The van der Waals surface area contributed by atoms with Crippen molar-refractivity contribution < 1.29 is 19.0 Å². The Morgan fingerprint density at radius 3 is 2.50 bits per heavy atom. The van der Waals surface area contributed by atoms with Gasteiger partial charge in [-0.05, 0) is 41.8 Å². The lowest BCUT2D eigenvalue weighted by atomic mass is 10.1. The molecule has 1 fully saturated rings. The molecule has 0 spiro atoms. The summed E-state index contributed by atoms with van der Waals surface area (Å²) in [6.45, 7) is 6.44. The van der Waals surface area contributed by atoms with Crippen LogP contribution in [0.15, 0.2) is 36.4 Å².